The Hall–Kier alpha value is -4.86. The molecule has 0 radical (unpaired) electrons. The number of guanidine groups is 1. The number of methoxy groups -OCH3 is 1. The maximum atomic E-state index is 13.5. The van der Waals surface area contributed by atoms with Gasteiger partial charge in [-0.1, -0.05) is 12.1 Å². The van der Waals surface area contributed by atoms with Crippen molar-refractivity contribution in [3.63, 3.8) is 0 Å². The summed E-state index contributed by atoms with van der Waals surface area (Å²) in [6.07, 6.45) is -3.17. The summed E-state index contributed by atoms with van der Waals surface area (Å²) in [6, 6.07) is 7.22. The lowest BCUT2D eigenvalue weighted by molar-refractivity contribution is -0.138. The van der Waals surface area contributed by atoms with Crippen molar-refractivity contribution < 1.29 is 32.3 Å². The lowest BCUT2D eigenvalue weighted by Crippen LogP contribution is -2.55. The number of nitriles is 1. The number of amides is 3. The molecule has 39 heavy (non-hydrogen) atoms. The third kappa shape index (κ3) is 5.13. The standard InChI is InChI=1S/C26H23F3N6O4/c1-13-20(23(37)39-2)21(18-9-6-14(12-30)10-19(18)22(36)33-16-7-8-16)35(25(32)38)24(31)34(13)17-5-3-4-15(11-17)26(27,28)29/h3-6,9-11,16,21,31H,7-8H2,1-2H3,(H2,32,38)(H,33,36)/t21-/m1/s1. The van der Waals surface area contributed by atoms with Crippen molar-refractivity contribution in [2.45, 2.75) is 38.0 Å². The van der Waals surface area contributed by atoms with Gasteiger partial charge in [-0.25, -0.2) is 9.59 Å². The van der Waals surface area contributed by atoms with Crippen molar-refractivity contribution >= 4 is 29.6 Å². The van der Waals surface area contributed by atoms with Crippen molar-refractivity contribution in [2.75, 3.05) is 12.0 Å². The molecule has 0 bridgehead atoms. The fourth-order valence-electron chi connectivity index (χ4n) is 4.42. The second-order valence-corrected chi connectivity index (χ2v) is 8.97. The zero-order valence-corrected chi connectivity index (χ0v) is 20.8. The molecule has 1 saturated carbocycles. The minimum absolute atomic E-state index is 0.0217. The summed E-state index contributed by atoms with van der Waals surface area (Å²) in [5.41, 5.74) is 4.38. The molecule has 13 heteroatoms. The quantitative estimate of drug-likeness (QED) is 0.491. The van der Waals surface area contributed by atoms with Gasteiger partial charge in [-0.15, -0.1) is 0 Å². The van der Waals surface area contributed by atoms with E-state index >= 15 is 0 Å². The monoisotopic (exact) mass is 540 g/mol. The highest BCUT2D eigenvalue weighted by molar-refractivity contribution is 6.11. The highest BCUT2D eigenvalue weighted by Crippen LogP contribution is 2.42. The predicted octanol–water partition coefficient (Wildman–Crippen LogP) is 3.79. The molecular formula is C26H23F3N6O4. The number of ether oxygens (including phenoxy) is 1. The minimum Gasteiger partial charge on any atom is -0.466 e. The van der Waals surface area contributed by atoms with Crippen LogP contribution in [0.3, 0.4) is 0 Å². The van der Waals surface area contributed by atoms with Crippen LogP contribution in [0.4, 0.5) is 23.7 Å². The first-order chi connectivity index (χ1) is 18.4. The van der Waals surface area contributed by atoms with Crippen molar-refractivity contribution in [1.29, 1.82) is 10.7 Å². The van der Waals surface area contributed by atoms with Crippen LogP contribution in [0.25, 0.3) is 0 Å². The zero-order chi connectivity index (χ0) is 28.6. The van der Waals surface area contributed by atoms with Crippen LogP contribution >= 0.6 is 0 Å². The Labute approximate surface area is 220 Å². The Balaban J connectivity index is 1.98. The number of carbonyl (C=O) groups excluding carboxylic acids is 3. The van der Waals surface area contributed by atoms with Gasteiger partial charge in [-0.05, 0) is 55.7 Å². The van der Waals surface area contributed by atoms with Gasteiger partial charge in [0.05, 0.1) is 29.9 Å². The van der Waals surface area contributed by atoms with Gasteiger partial charge in [0.1, 0.15) is 6.04 Å². The number of nitrogens with one attached hydrogen (secondary N) is 2. The Morgan fingerprint density at radius 1 is 1.18 bits per heavy atom. The molecule has 1 aliphatic heterocycles. The maximum absolute atomic E-state index is 13.5. The molecular weight excluding hydrogens is 517 g/mol. The number of carbonyl (C=O) groups is 3. The molecule has 2 aromatic carbocycles. The van der Waals surface area contributed by atoms with Crippen LogP contribution in [0.2, 0.25) is 0 Å². The molecule has 202 valence electrons. The summed E-state index contributed by atoms with van der Waals surface area (Å²) in [7, 11) is 1.07. The Kier molecular flexibility index (Phi) is 7.06. The largest absolute Gasteiger partial charge is 0.466 e. The number of hydrogen-bond acceptors (Lipinski definition) is 6. The van der Waals surface area contributed by atoms with Gasteiger partial charge in [0.15, 0.2) is 0 Å². The van der Waals surface area contributed by atoms with E-state index < -0.39 is 41.6 Å². The summed E-state index contributed by atoms with van der Waals surface area (Å²) >= 11 is 0. The SMILES string of the molecule is COC(=O)C1=C(C)N(c2cccc(C(F)(F)F)c2)C(=N)N(C(N)=O)[C@@H]1c1ccc(C#N)cc1C(=O)NC1CC1. The molecule has 4 N–H and O–H groups in total. The summed E-state index contributed by atoms with van der Waals surface area (Å²) in [4.78, 5) is 40.8. The van der Waals surface area contributed by atoms with Crippen LogP contribution in [-0.4, -0.2) is 41.9 Å². The Morgan fingerprint density at radius 2 is 1.87 bits per heavy atom. The smallest absolute Gasteiger partial charge is 0.416 e. The molecule has 2 aromatic rings. The van der Waals surface area contributed by atoms with Crippen LogP contribution < -0.4 is 16.0 Å². The Morgan fingerprint density at radius 3 is 2.44 bits per heavy atom. The van der Waals surface area contributed by atoms with E-state index in [1.807, 2.05) is 6.07 Å². The highest BCUT2D eigenvalue weighted by atomic mass is 19.4. The lowest BCUT2D eigenvalue weighted by Gasteiger charge is -2.43. The van der Waals surface area contributed by atoms with Crippen molar-refractivity contribution in [3.8, 4) is 6.07 Å². The second kappa shape index (κ2) is 10.1. The first kappa shape index (κ1) is 27.2. The fraction of sp³-hybridized carbons (Fsp3) is 0.269. The van der Waals surface area contributed by atoms with Gasteiger partial charge in [0.25, 0.3) is 5.91 Å². The van der Waals surface area contributed by atoms with Gasteiger partial charge >= 0.3 is 18.2 Å². The molecule has 1 atom stereocenters. The van der Waals surface area contributed by atoms with E-state index in [9.17, 15) is 32.8 Å². The van der Waals surface area contributed by atoms with E-state index in [0.29, 0.717) is 4.90 Å². The number of urea groups is 1. The number of nitrogens with zero attached hydrogens (tertiary/aromatic N) is 3. The Bertz CT molecular complexity index is 1460. The third-order valence-electron chi connectivity index (χ3n) is 6.41. The number of anilines is 1. The number of esters is 1. The van der Waals surface area contributed by atoms with Crippen LogP contribution in [0.15, 0.2) is 53.7 Å². The maximum Gasteiger partial charge on any atom is 0.416 e. The summed E-state index contributed by atoms with van der Waals surface area (Å²) < 4.78 is 45.3. The predicted molar refractivity (Wildman–Crippen MR) is 132 cm³/mol. The van der Waals surface area contributed by atoms with E-state index in [-0.39, 0.29) is 39.7 Å². The van der Waals surface area contributed by atoms with Crippen LogP contribution in [-0.2, 0) is 15.7 Å². The normalized spacial score (nSPS) is 17.5. The number of nitrogens with two attached hydrogens (primary N) is 1. The van der Waals surface area contributed by atoms with E-state index in [1.165, 1.54) is 31.2 Å². The molecule has 3 amide bonds. The first-order valence-corrected chi connectivity index (χ1v) is 11.7. The minimum atomic E-state index is -4.70. The van der Waals surface area contributed by atoms with Crippen molar-refractivity contribution in [1.82, 2.24) is 10.2 Å². The number of benzene rings is 2. The zero-order valence-electron chi connectivity index (χ0n) is 20.8. The molecule has 1 heterocycles. The molecule has 2 aliphatic rings. The molecule has 1 aliphatic carbocycles. The fourth-order valence-corrected chi connectivity index (χ4v) is 4.42. The molecule has 0 aromatic heterocycles. The average molecular weight is 541 g/mol. The van der Waals surface area contributed by atoms with E-state index in [4.69, 9.17) is 15.9 Å². The van der Waals surface area contributed by atoms with Crippen LogP contribution in [0, 0.1) is 16.7 Å². The van der Waals surface area contributed by atoms with E-state index in [0.717, 1.165) is 43.1 Å². The van der Waals surface area contributed by atoms with Gasteiger partial charge in [0.2, 0.25) is 5.96 Å². The molecule has 10 nitrogen and oxygen atoms in total. The topological polar surface area (TPSA) is 153 Å². The summed E-state index contributed by atoms with van der Waals surface area (Å²) in [6.45, 7) is 1.37. The van der Waals surface area contributed by atoms with Gasteiger partial charge < -0.3 is 15.8 Å². The van der Waals surface area contributed by atoms with Crippen LogP contribution in [0.5, 0.6) is 0 Å². The number of halogens is 3. The summed E-state index contributed by atoms with van der Waals surface area (Å²) in [5.74, 6) is -2.19. The number of hydrogen-bond donors (Lipinski definition) is 3. The number of allylic oxidation sites excluding steroid dienone is 1. The summed E-state index contributed by atoms with van der Waals surface area (Å²) in [5, 5.41) is 21.0. The van der Waals surface area contributed by atoms with E-state index in [1.54, 1.807) is 0 Å². The molecule has 0 unspecified atom stereocenters. The number of primary amides is 1. The number of alkyl halides is 3. The lowest BCUT2D eigenvalue weighted by atomic mass is 9.88. The first-order valence-electron chi connectivity index (χ1n) is 11.7. The molecule has 0 spiro atoms. The number of rotatable bonds is 5. The van der Waals surface area contributed by atoms with Gasteiger partial charge in [-0.3, -0.25) is 20.0 Å². The van der Waals surface area contributed by atoms with Crippen molar-refractivity contribution in [2.24, 2.45) is 5.73 Å². The second-order valence-electron chi connectivity index (χ2n) is 8.97. The third-order valence-corrected chi connectivity index (χ3v) is 6.41. The molecule has 1 fully saturated rings. The highest BCUT2D eigenvalue weighted by Gasteiger charge is 2.45. The van der Waals surface area contributed by atoms with Gasteiger partial charge in [-0.2, -0.15) is 18.4 Å². The van der Waals surface area contributed by atoms with Crippen molar-refractivity contribution in [3.05, 3.63) is 76.0 Å². The van der Waals surface area contributed by atoms with Gasteiger partial charge in [0, 0.05) is 23.0 Å². The van der Waals surface area contributed by atoms with E-state index in [2.05, 4.69) is 5.32 Å². The molecule has 4 rings (SSSR count). The van der Waals surface area contributed by atoms with Crippen LogP contribution in [0.1, 0.15) is 52.9 Å². The molecule has 0 saturated heterocycles. The average Bonchev–Trinajstić information content (AvgIpc) is 3.71.